The molecule has 0 saturated carbocycles. The van der Waals surface area contributed by atoms with Crippen LogP contribution >= 0.6 is 12.4 Å². The summed E-state index contributed by atoms with van der Waals surface area (Å²) in [6, 6.07) is 7.61. The summed E-state index contributed by atoms with van der Waals surface area (Å²) in [5, 5.41) is 2.92. The van der Waals surface area contributed by atoms with Crippen LogP contribution in [0.2, 0.25) is 0 Å². The molecule has 0 aliphatic heterocycles. The summed E-state index contributed by atoms with van der Waals surface area (Å²) in [4.78, 5) is 12.0. The Morgan fingerprint density at radius 3 is 2.50 bits per heavy atom. The van der Waals surface area contributed by atoms with Crippen LogP contribution in [0.3, 0.4) is 0 Å². The number of rotatable bonds is 6. The lowest BCUT2D eigenvalue weighted by atomic mass is 10.0. The largest absolute Gasteiger partial charge is 0.491 e. The minimum atomic E-state index is -0.384. The summed E-state index contributed by atoms with van der Waals surface area (Å²) in [5.74, 6) is 0.716. The number of halogens is 1. The van der Waals surface area contributed by atoms with Gasteiger partial charge in [0, 0.05) is 17.6 Å². The molecule has 1 aromatic carbocycles. The number of para-hydroxylation sites is 1. The van der Waals surface area contributed by atoms with Gasteiger partial charge < -0.3 is 15.8 Å². The molecule has 1 aromatic rings. The lowest BCUT2D eigenvalue weighted by Crippen LogP contribution is -2.49. The molecule has 0 heterocycles. The third-order valence-electron chi connectivity index (χ3n) is 2.67. The number of carbonyl (C=O) groups is 1. The van der Waals surface area contributed by atoms with E-state index in [0.717, 1.165) is 11.3 Å². The van der Waals surface area contributed by atoms with Gasteiger partial charge in [0.1, 0.15) is 5.75 Å². The first-order valence-corrected chi connectivity index (χ1v) is 6.59. The third-order valence-corrected chi connectivity index (χ3v) is 2.67. The number of ether oxygens (including phenoxy) is 1. The molecule has 0 bridgehead atoms. The van der Waals surface area contributed by atoms with Crippen LogP contribution in [0.4, 0.5) is 0 Å². The maximum atomic E-state index is 12.0. The Hall–Kier alpha value is -1.26. The molecule has 0 radical (unpaired) electrons. The Bertz CT molecular complexity index is 434. The molecule has 3 N–H and O–H groups in total. The quantitative estimate of drug-likeness (QED) is 0.847. The summed E-state index contributed by atoms with van der Waals surface area (Å²) in [6.07, 6.45) is 0.386. The van der Waals surface area contributed by atoms with E-state index in [1.165, 1.54) is 0 Å². The van der Waals surface area contributed by atoms with Gasteiger partial charge in [0.2, 0.25) is 5.91 Å². The van der Waals surface area contributed by atoms with E-state index in [9.17, 15) is 4.79 Å². The van der Waals surface area contributed by atoms with Crippen LogP contribution < -0.4 is 15.8 Å². The second kappa shape index (κ2) is 8.12. The molecule has 5 heteroatoms. The molecular formula is C15H25ClN2O2. The molecule has 0 fully saturated rings. The highest BCUT2D eigenvalue weighted by Gasteiger charge is 2.19. The first-order chi connectivity index (χ1) is 8.84. The van der Waals surface area contributed by atoms with Gasteiger partial charge in [0.15, 0.2) is 0 Å². The molecule has 0 aliphatic carbocycles. The Morgan fingerprint density at radius 1 is 1.35 bits per heavy atom. The van der Waals surface area contributed by atoms with E-state index < -0.39 is 0 Å². The number of hydrogen-bond acceptors (Lipinski definition) is 3. The first kappa shape index (κ1) is 18.7. The van der Waals surface area contributed by atoms with Gasteiger partial charge in [-0.3, -0.25) is 4.79 Å². The first-order valence-electron chi connectivity index (χ1n) is 6.59. The monoisotopic (exact) mass is 300 g/mol. The SMILES string of the molecule is CC(C)Oc1ccccc1CC(=O)NC(C)(C)CN.Cl. The van der Waals surface area contributed by atoms with Gasteiger partial charge in [-0.25, -0.2) is 0 Å². The fraction of sp³-hybridized carbons (Fsp3) is 0.533. The highest BCUT2D eigenvalue weighted by Crippen LogP contribution is 2.20. The van der Waals surface area contributed by atoms with Gasteiger partial charge in [-0.15, -0.1) is 12.4 Å². The minimum absolute atomic E-state index is 0. The number of hydrogen-bond donors (Lipinski definition) is 2. The van der Waals surface area contributed by atoms with Crippen molar-refractivity contribution in [3.8, 4) is 5.75 Å². The average molecular weight is 301 g/mol. The van der Waals surface area contributed by atoms with E-state index in [1.54, 1.807) is 0 Å². The minimum Gasteiger partial charge on any atom is -0.491 e. The van der Waals surface area contributed by atoms with Gasteiger partial charge in [-0.2, -0.15) is 0 Å². The zero-order chi connectivity index (χ0) is 14.5. The van der Waals surface area contributed by atoms with Crippen LogP contribution in [-0.4, -0.2) is 24.1 Å². The molecule has 114 valence electrons. The van der Waals surface area contributed by atoms with E-state index in [2.05, 4.69) is 5.32 Å². The van der Waals surface area contributed by atoms with Crippen molar-refractivity contribution < 1.29 is 9.53 Å². The Labute approximate surface area is 127 Å². The van der Waals surface area contributed by atoms with Crippen molar-refractivity contribution in [3.63, 3.8) is 0 Å². The van der Waals surface area contributed by atoms with Gasteiger partial charge in [0.05, 0.1) is 12.5 Å². The zero-order valence-electron chi connectivity index (χ0n) is 12.6. The molecule has 1 amide bonds. The molecule has 0 aromatic heterocycles. The normalized spacial score (nSPS) is 10.9. The fourth-order valence-electron chi connectivity index (χ4n) is 1.66. The van der Waals surface area contributed by atoms with Crippen LogP contribution in [0.15, 0.2) is 24.3 Å². The molecule has 0 saturated heterocycles. The van der Waals surface area contributed by atoms with E-state index in [1.807, 2.05) is 52.0 Å². The van der Waals surface area contributed by atoms with Gasteiger partial charge >= 0.3 is 0 Å². The van der Waals surface area contributed by atoms with Crippen LogP contribution in [-0.2, 0) is 11.2 Å². The Balaban J connectivity index is 0.00000361. The van der Waals surface area contributed by atoms with E-state index >= 15 is 0 Å². The average Bonchev–Trinajstić information content (AvgIpc) is 2.30. The van der Waals surface area contributed by atoms with Crippen molar-refractivity contribution in [1.29, 1.82) is 0 Å². The number of benzene rings is 1. The predicted molar refractivity (Wildman–Crippen MR) is 84.4 cm³/mol. The summed E-state index contributed by atoms with van der Waals surface area (Å²) < 4.78 is 5.70. The number of nitrogens with one attached hydrogen (secondary N) is 1. The van der Waals surface area contributed by atoms with E-state index in [0.29, 0.717) is 13.0 Å². The number of nitrogens with two attached hydrogens (primary N) is 1. The van der Waals surface area contributed by atoms with Crippen molar-refractivity contribution in [2.45, 2.75) is 45.8 Å². The van der Waals surface area contributed by atoms with Gasteiger partial charge in [-0.05, 0) is 33.8 Å². The highest BCUT2D eigenvalue weighted by molar-refractivity contribution is 5.85. The van der Waals surface area contributed by atoms with Gasteiger partial charge in [0.25, 0.3) is 0 Å². The molecule has 1 rings (SSSR count). The molecule has 0 spiro atoms. The van der Waals surface area contributed by atoms with Crippen LogP contribution in [0.5, 0.6) is 5.75 Å². The Kier molecular flexibility index (Phi) is 7.61. The summed E-state index contributed by atoms with van der Waals surface area (Å²) >= 11 is 0. The van der Waals surface area contributed by atoms with Gasteiger partial charge in [-0.1, -0.05) is 18.2 Å². The summed E-state index contributed by atoms with van der Waals surface area (Å²) in [6.45, 7) is 8.15. The van der Waals surface area contributed by atoms with Crippen LogP contribution in [0.1, 0.15) is 33.3 Å². The fourth-order valence-corrected chi connectivity index (χ4v) is 1.66. The molecule has 0 atom stereocenters. The van der Waals surface area contributed by atoms with Crippen molar-refractivity contribution >= 4 is 18.3 Å². The lowest BCUT2D eigenvalue weighted by molar-refractivity contribution is -0.121. The van der Waals surface area contributed by atoms with Crippen molar-refractivity contribution in [1.82, 2.24) is 5.32 Å². The molecule has 20 heavy (non-hydrogen) atoms. The number of amides is 1. The molecule has 0 unspecified atom stereocenters. The number of carbonyl (C=O) groups excluding carboxylic acids is 1. The Morgan fingerprint density at radius 2 is 1.95 bits per heavy atom. The third kappa shape index (κ3) is 6.26. The van der Waals surface area contributed by atoms with E-state index in [4.69, 9.17) is 10.5 Å². The second-order valence-corrected chi connectivity index (χ2v) is 5.59. The molecular weight excluding hydrogens is 276 g/mol. The maximum Gasteiger partial charge on any atom is 0.225 e. The van der Waals surface area contributed by atoms with Crippen LogP contribution in [0, 0.1) is 0 Å². The smallest absolute Gasteiger partial charge is 0.225 e. The molecule has 0 aliphatic rings. The standard InChI is InChI=1S/C15H24N2O2.ClH/c1-11(2)19-13-8-6-5-7-12(13)9-14(18)17-15(3,4)10-16;/h5-8,11H,9-10,16H2,1-4H3,(H,17,18);1H. The highest BCUT2D eigenvalue weighted by atomic mass is 35.5. The second-order valence-electron chi connectivity index (χ2n) is 5.59. The summed E-state index contributed by atoms with van der Waals surface area (Å²) in [5.41, 5.74) is 6.11. The maximum absolute atomic E-state index is 12.0. The van der Waals surface area contributed by atoms with E-state index in [-0.39, 0.29) is 30.0 Å². The molecule has 4 nitrogen and oxygen atoms in total. The lowest BCUT2D eigenvalue weighted by Gasteiger charge is -2.24. The summed E-state index contributed by atoms with van der Waals surface area (Å²) in [7, 11) is 0. The van der Waals surface area contributed by atoms with Crippen molar-refractivity contribution in [3.05, 3.63) is 29.8 Å². The predicted octanol–water partition coefficient (Wildman–Crippen LogP) is 2.29. The zero-order valence-corrected chi connectivity index (χ0v) is 13.4. The topological polar surface area (TPSA) is 64.3 Å². The van der Waals surface area contributed by atoms with Crippen molar-refractivity contribution in [2.24, 2.45) is 5.73 Å². The van der Waals surface area contributed by atoms with Crippen LogP contribution in [0.25, 0.3) is 0 Å². The van der Waals surface area contributed by atoms with Crippen molar-refractivity contribution in [2.75, 3.05) is 6.54 Å².